The fourth-order valence-corrected chi connectivity index (χ4v) is 3.14. The number of hydrogen-bond acceptors (Lipinski definition) is 2. The fourth-order valence-electron chi connectivity index (χ4n) is 3.14. The summed E-state index contributed by atoms with van der Waals surface area (Å²) >= 11 is 0. The van der Waals surface area contributed by atoms with Crippen LogP contribution >= 0.6 is 0 Å². The van der Waals surface area contributed by atoms with Gasteiger partial charge in [-0.1, -0.05) is 90.0 Å². The van der Waals surface area contributed by atoms with Crippen LogP contribution in [0.2, 0.25) is 0 Å². The molecule has 0 atom stereocenters. The summed E-state index contributed by atoms with van der Waals surface area (Å²) in [7, 11) is 0. The molecule has 2 heteroatoms. The minimum atomic E-state index is 0.477. The molecule has 0 spiro atoms. The molecule has 0 heterocycles. The van der Waals surface area contributed by atoms with E-state index in [-0.39, 0.29) is 0 Å². The zero-order valence-corrected chi connectivity index (χ0v) is 22.9. The van der Waals surface area contributed by atoms with E-state index < -0.39 is 0 Å². The number of benzene rings is 1. The van der Waals surface area contributed by atoms with Gasteiger partial charge in [0.1, 0.15) is 18.1 Å². The first kappa shape index (κ1) is 33.3. The maximum absolute atomic E-state index is 11.5. The number of ether oxygens (including phenoxy) is 1. The third kappa shape index (κ3) is 24.6. The minimum absolute atomic E-state index is 0.477. The third-order valence-corrected chi connectivity index (χ3v) is 5.25. The molecule has 0 aromatic heterocycles. The Kier molecular flexibility index (Phi) is 26.7. The lowest BCUT2D eigenvalue weighted by atomic mass is 10.0. The first-order valence-electron chi connectivity index (χ1n) is 13.5. The number of carbonyl (C=O) groups is 1. The van der Waals surface area contributed by atoms with Crippen molar-refractivity contribution in [3.8, 4) is 5.75 Å². The number of aryl methyl sites for hydroxylation is 1. The van der Waals surface area contributed by atoms with E-state index >= 15 is 0 Å². The number of hydrogen-bond donors (Lipinski definition) is 0. The highest BCUT2D eigenvalue weighted by Crippen LogP contribution is 2.13. The molecule has 0 unspecified atom stereocenters. The smallest absolute Gasteiger partial charge is 0.132 e. The molecule has 1 aromatic carbocycles. The summed E-state index contributed by atoms with van der Waals surface area (Å²) in [5.74, 6) is 1.42. The van der Waals surface area contributed by atoms with Gasteiger partial charge in [-0.05, 0) is 69.7 Å². The van der Waals surface area contributed by atoms with Gasteiger partial charge in [-0.15, -0.1) is 6.58 Å². The molecule has 0 radical (unpaired) electrons. The SMILES string of the molecule is C=CCCCCCCC(=O)CCCCCCC.CC.CCc1ccc(OCC=C(C)C)cc1. The highest BCUT2D eigenvalue weighted by atomic mass is 16.5. The van der Waals surface area contributed by atoms with Crippen LogP contribution in [0.4, 0.5) is 0 Å². The maximum Gasteiger partial charge on any atom is 0.132 e. The topological polar surface area (TPSA) is 26.3 Å². The molecule has 1 aromatic rings. The van der Waals surface area contributed by atoms with Gasteiger partial charge >= 0.3 is 0 Å². The molecular formula is C31H54O2. The van der Waals surface area contributed by atoms with E-state index in [1.165, 1.54) is 56.1 Å². The standard InChI is InChI=1S/C16H30O.C13H18O.C2H6/c1-3-5-7-9-11-13-15-16(17)14-12-10-8-6-4-2;1-4-12-5-7-13(8-6-12)14-10-9-11(2)3;1-2/h3H,1,4-15H2,2H3;5-9H,4,10H2,1-3H3;1-2H3. The van der Waals surface area contributed by atoms with Crippen molar-refractivity contribution < 1.29 is 9.53 Å². The first-order valence-corrected chi connectivity index (χ1v) is 13.5. The first-order chi connectivity index (χ1) is 16.0. The van der Waals surface area contributed by atoms with Crippen molar-refractivity contribution in [1.29, 1.82) is 0 Å². The maximum atomic E-state index is 11.5. The van der Waals surface area contributed by atoms with Gasteiger partial charge in [0.25, 0.3) is 0 Å². The van der Waals surface area contributed by atoms with Crippen LogP contribution in [0.15, 0.2) is 48.6 Å². The molecule has 0 amide bonds. The molecule has 0 aliphatic rings. The second kappa shape index (κ2) is 26.4. The Morgan fingerprint density at radius 1 is 0.848 bits per heavy atom. The highest BCUT2D eigenvalue weighted by Gasteiger charge is 2.01. The van der Waals surface area contributed by atoms with E-state index in [1.807, 2.05) is 32.1 Å². The zero-order valence-electron chi connectivity index (χ0n) is 22.9. The number of ketones is 1. The average Bonchev–Trinajstić information content (AvgIpc) is 2.83. The van der Waals surface area contributed by atoms with Crippen molar-refractivity contribution in [3.05, 3.63) is 54.1 Å². The number of unbranched alkanes of at least 4 members (excludes halogenated alkanes) is 8. The third-order valence-electron chi connectivity index (χ3n) is 5.25. The Morgan fingerprint density at radius 3 is 1.88 bits per heavy atom. The van der Waals surface area contributed by atoms with Gasteiger partial charge in [-0.2, -0.15) is 0 Å². The van der Waals surface area contributed by atoms with Crippen molar-refractivity contribution in [2.24, 2.45) is 0 Å². The van der Waals surface area contributed by atoms with E-state index in [0.29, 0.717) is 12.4 Å². The van der Waals surface area contributed by atoms with Crippen molar-refractivity contribution in [2.45, 2.75) is 125 Å². The van der Waals surface area contributed by atoms with Crippen LogP contribution in [0.3, 0.4) is 0 Å². The van der Waals surface area contributed by atoms with Crippen molar-refractivity contribution >= 4 is 5.78 Å². The molecule has 33 heavy (non-hydrogen) atoms. The van der Waals surface area contributed by atoms with E-state index in [0.717, 1.165) is 44.3 Å². The van der Waals surface area contributed by atoms with Crippen LogP contribution in [0.25, 0.3) is 0 Å². The summed E-state index contributed by atoms with van der Waals surface area (Å²) < 4.78 is 5.54. The summed E-state index contributed by atoms with van der Waals surface area (Å²) in [5, 5.41) is 0. The van der Waals surface area contributed by atoms with E-state index in [4.69, 9.17) is 4.74 Å². The summed E-state index contributed by atoms with van der Waals surface area (Å²) in [6.45, 7) is 16.9. The van der Waals surface area contributed by atoms with E-state index in [9.17, 15) is 4.79 Å². The summed E-state index contributed by atoms with van der Waals surface area (Å²) in [6, 6.07) is 8.27. The molecule has 0 saturated heterocycles. The highest BCUT2D eigenvalue weighted by molar-refractivity contribution is 5.78. The molecule has 0 fully saturated rings. The lowest BCUT2D eigenvalue weighted by molar-refractivity contribution is -0.119. The molecule has 1 rings (SSSR count). The Hall–Kier alpha value is -1.83. The van der Waals surface area contributed by atoms with Gasteiger partial charge in [0.15, 0.2) is 0 Å². The lowest BCUT2D eigenvalue weighted by Crippen LogP contribution is -1.97. The van der Waals surface area contributed by atoms with Gasteiger partial charge in [0, 0.05) is 12.8 Å². The van der Waals surface area contributed by atoms with Crippen LogP contribution in [-0.4, -0.2) is 12.4 Å². The van der Waals surface area contributed by atoms with E-state index in [2.05, 4.69) is 52.5 Å². The van der Waals surface area contributed by atoms with Gasteiger partial charge in [0.2, 0.25) is 0 Å². The molecule has 2 nitrogen and oxygen atoms in total. The van der Waals surface area contributed by atoms with Gasteiger partial charge in [-0.3, -0.25) is 4.79 Å². The van der Waals surface area contributed by atoms with Crippen molar-refractivity contribution in [3.63, 3.8) is 0 Å². The largest absolute Gasteiger partial charge is 0.490 e. The summed E-state index contributed by atoms with van der Waals surface area (Å²) in [4.78, 5) is 11.5. The van der Waals surface area contributed by atoms with Crippen LogP contribution in [0, 0.1) is 0 Å². The summed E-state index contributed by atoms with van der Waals surface area (Å²) in [6.07, 6.45) is 18.9. The molecular weight excluding hydrogens is 404 g/mol. The quantitative estimate of drug-likeness (QED) is 0.171. The number of allylic oxidation sites excluding steroid dienone is 2. The predicted molar refractivity (Wildman–Crippen MR) is 148 cm³/mol. The average molecular weight is 459 g/mol. The van der Waals surface area contributed by atoms with Gasteiger partial charge < -0.3 is 4.74 Å². The lowest BCUT2D eigenvalue weighted by Gasteiger charge is -2.04. The molecule has 0 aliphatic carbocycles. The Balaban J connectivity index is 0. The minimum Gasteiger partial charge on any atom is -0.490 e. The second-order valence-electron chi connectivity index (χ2n) is 8.53. The Bertz CT molecular complexity index is 579. The molecule has 0 bridgehead atoms. The van der Waals surface area contributed by atoms with Crippen LogP contribution in [-0.2, 0) is 11.2 Å². The normalized spacial score (nSPS) is 9.64. The molecule has 190 valence electrons. The van der Waals surface area contributed by atoms with Crippen LogP contribution in [0.5, 0.6) is 5.75 Å². The number of carbonyl (C=O) groups excluding carboxylic acids is 1. The van der Waals surface area contributed by atoms with E-state index in [1.54, 1.807) is 0 Å². The Morgan fingerprint density at radius 2 is 1.39 bits per heavy atom. The molecule has 0 N–H and O–H groups in total. The number of Topliss-reactive ketones (excluding diaryl/α,β-unsaturated/α-hetero) is 1. The molecule has 0 saturated carbocycles. The molecule has 0 aliphatic heterocycles. The van der Waals surface area contributed by atoms with Gasteiger partial charge in [-0.25, -0.2) is 0 Å². The van der Waals surface area contributed by atoms with Crippen molar-refractivity contribution in [1.82, 2.24) is 0 Å². The predicted octanol–water partition coefficient (Wildman–Crippen LogP) is 10.1. The number of rotatable bonds is 17. The second-order valence-corrected chi connectivity index (χ2v) is 8.53. The summed E-state index contributed by atoms with van der Waals surface area (Å²) in [5.41, 5.74) is 2.63. The van der Waals surface area contributed by atoms with Crippen molar-refractivity contribution in [2.75, 3.05) is 6.61 Å². The fraction of sp³-hybridized carbons (Fsp3) is 0.645. The van der Waals surface area contributed by atoms with Crippen LogP contribution < -0.4 is 4.74 Å². The van der Waals surface area contributed by atoms with Gasteiger partial charge in [0.05, 0.1) is 0 Å². The Labute approximate surface area is 206 Å². The van der Waals surface area contributed by atoms with Crippen LogP contribution in [0.1, 0.15) is 124 Å². The monoisotopic (exact) mass is 458 g/mol. The zero-order chi connectivity index (χ0) is 25.2.